The molecule has 1 aromatic rings. The van der Waals surface area contributed by atoms with Gasteiger partial charge in [-0.15, -0.1) is 0 Å². The molecule has 2 atom stereocenters. The van der Waals surface area contributed by atoms with Crippen molar-refractivity contribution in [2.24, 2.45) is 0 Å². The molecular weight excluding hydrogens is 292 g/mol. The Balaban J connectivity index is 1.39. The maximum Gasteiger partial charge on any atom is 0.161 e. The first-order valence-electron chi connectivity index (χ1n) is 8.82. The molecule has 5 nitrogen and oxygen atoms in total. The van der Waals surface area contributed by atoms with E-state index in [1.165, 1.54) is 24.8 Å². The molecule has 0 amide bonds. The van der Waals surface area contributed by atoms with Crippen LogP contribution in [0.2, 0.25) is 0 Å². The molecule has 0 bridgehead atoms. The van der Waals surface area contributed by atoms with Gasteiger partial charge in [0.2, 0.25) is 0 Å². The number of rotatable bonds is 3. The third-order valence-corrected chi connectivity index (χ3v) is 5.21. The minimum atomic E-state index is -0.231. The lowest BCUT2D eigenvalue weighted by Gasteiger charge is -2.33. The van der Waals surface area contributed by atoms with Gasteiger partial charge in [-0.05, 0) is 43.6 Å². The SMILES string of the molecule is O[C@H]1CN(Cc2ccc3c(c2)OCCO3)C[C@@H]1N1CCCCC1. The molecule has 0 spiro atoms. The summed E-state index contributed by atoms with van der Waals surface area (Å²) >= 11 is 0. The minimum Gasteiger partial charge on any atom is -0.486 e. The molecule has 3 aliphatic heterocycles. The Morgan fingerprint density at radius 3 is 2.61 bits per heavy atom. The predicted molar refractivity (Wildman–Crippen MR) is 87.9 cm³/mol. The second-order valence-electron chi connectivity index (χ2n) is 6.90. The number of piperidine rings is 1. The van der Waals surface area contributed by atoms with Gasteiger partial charge >= 0.3 is 0 Å². The van der Waals surface area contributed by atoms with Gasteiger partial charge in [0, 0.05) is 25.7 Å². The molecule has 126 valence electrons. The van der Waals surface area contributed by atoms with Gasteiger partial charge in [0.15, 0.2) is 11.5 Å². The van der Waals surface area contributed by atoms with Crippen molar-refractivity contribution in [3.8, 4) is 11.5 Å². The third kappa shape index (κ3) is 3.32. The molecule has 2 saturated heterocycles. The zero-order valence-corrected chi connectivity index (χ0v) is 13.6. The van der Waals surface area contributed by atoms with Crippen LogP contribution >= 0.6 is 0 Å². The summed E-state index contributed by atoms with van der Waals surface area (Å²) in [5.74, 6) is 1.69. The van der Waals surface area contributed by atoms with Gasteiger partial charge in [0.25, 0.3) is 0 Å². The summed E-state index contributed by atoms with van der Waals surface area (Å²) in [5.41, 5.74) is 1.22. The summed E-state index contributed by atoms with van der Waals surface area (Å²) in [5, 5.41) is 10.5. The van der Waals surface area contributed by atoms with Crippen LogP contribution in [0, 0.1) is 0 Å². The van der Waals surface area contributed by atoms with Gasteiger partial charge in [-0.25, -0.2) is 0 Å². The maximum absolute atomic E-state index is 10.5. The highest BCUT2D eigenvalue weighted by Crippen LogP contribution is 2.31. The van der Waals surface area contributed by atoms with Crippen LogP contribution in [0.1, 0.15) is 24.8 Å². The number of β-amino-alcohol motifs (C(OH)–C–C–N with tert-alkyl or cyclic N) is 1. The second kappa shape index (κ2) is 6.67. The molecule has 1 N–H and O–H groups in total. The van der Waals surface area contributed by atoms with E-state index in [-0.39, 0.29) is 6.10 Å². The molecule has 0 aliphatic carbocycles. The molecule has 23 heavy (non-hydrogen) atoms. The maximum atomic E-state index is 10.5. The van der Waals surface area contributed by atoms with E-state index in [1.807, 2.05) is 6.07 Å². The summed E-state index contributed by atoms with van der Waals surface area (Å²) in [6.07, 6.45) is 3.64. The molecule has 3 aliphatic rings. The van der Waals surface area contributed by atoms with E-state index in [0.29, 0.717) is 19.3 Å². The number of benzene rings is 1. The van der Waals surface area contributed by atoms with Crippen molar-refractivity contribution in [1.29, 1.82) is 0 Å². The molecule has 0 unspecified atom stereocenters. The van der Waals surface area contributed by atoms with E-state index in [0.717, 1.165) is 44.2 Å². The lowest BCUT2D eigenvalue weighted by atomic mass is 10.1. The Labute approximate surface area is 137 Å². The fraction of sp³-hybridized carbons (Fsp3) is 0.667. The van der Waals surface area contributed by atoms with Gasteiger partial charge in [0.05, 0.1) is 6.10 Å². The predicted octanol–water partition coefficient (Wildman–Crippen LogP) is 1.49. The molecule has 0 radical (unpaired) electrons. The van der Waals surface area contributed by atoms with Crippen molar-refractivity contribution >= 4 is 0 Å². The third-order valence-electron chi connectivity index (χ3n) is 5.21. The monoisotopic (exact) mass is 318 g/mol. The van der Waals surface area contributed by atoms with Crippen molar-refractivity contribution in [3.63, 3.8) is 0 Å². The van der Waals surface area contributed by atoms with Crippen molar-refractivity contribution < 1.29 is 14.6 Å². The molecule has 2 fully saturated rings. The number of likely N-dealkylation sites (tertiary alicyclic amines) is 2. The molecule has 5 heteroatoms. The Hall–Kier alpha value is -1.30. The molecule has 3 heterocycles. The van der Waals surface area contributed by atoms with E-state index in [4.69, 9.17) is 9.47 Å². The average molecular weight is 318 g/mol. The average Bonchev–Trinajstić information content (AvgIpc) is 2.96. The van der Waals surface area contributed by atoms with E-state index < -0.39 is 0 Å². The topological polar surface area (TPSA) is 45.2 Å². The lowest BCUT2D eigenvalue weighted by Crippen LogP contribution is -2.45. The zero-order valence-electron chi connectivity index (χ0n) is 13.6. The van der Waals surface area contributed by atoms with Crippen LogP contribution < -0.4 is 9.47 Å². The van der Waals surface area contributed by atoms with Crippen LogP contribution in [0.15, 0.2) is 18.2 Å². The Kier molecular flexibility index (Phi) is 4.42. The summed E-state index contributed by atoms with van der Waals surface area (Å²) in [6, 6.07) is 6.48. The van der Waals surface area contributed by atoms with Crippen molar-refractivity contribution in [2.45, 2.75) is 38.0 Å². The van der Waals surface area contributed by atoms with Crippen molar-refractivity contribution in [3.05, 3.63) is 23.8 Å². The zero-order chi connectivity index (χ0) is 15.6. The standard InChI is InChI=1S/C18H26N2O3/c21-16-13-19(12-15(16)20-6-2-1-3-7-20)11-14-4-5-17-18(10-14)23-9-8-22-17/h4-5,10,15-16,21H,1-3,6-9,11-13H2/t15-,16-/m0/s1. The summed E-state index contributed by atoms with van der Waals surface area (Å²) in [7, 11) is 0. The van der Waals surface area contributed by atoms with E-state index >= 15 is 0 Å². The number of aliphatic hydroxyl groups excluding tert-OH is 1. The second-order valence-corrected chi connectivity index (χ2v) is 6.90. The Morgan fingerprint density at radius 1 is 1.00 bits per heavy atom. The van der Waals surface area contributed by atoms with Gasteiger partial charge in [-0.1, -0.05) is 12.5 Å². The number of nitrogens with zero attached hydrogens (tertiary/aromatic N) is 2. The smallest absolute Gasteiger partial charge is 0.161 e. The van der Waals surface area contributed by atoms with Gasteiger partial charge in [-0.3, -0.25) is 9.80 Å². The highest BCUT2D eigenvalue weighted by molar-refractivity contribution is 5.43. The fourth-order valence-electron chi connectivity index (χ4n) is 4.03. The van der Waals surface area contributed by atoms with Crippen LogP contribution in [0.4, 0.5) is 0 Å². The largest absolute Gasteiger partial charge is 0.486 e. The van der Waals surface area contributed by atoms with Crippen molar-refractivity contribution in [1.82, 2.24) is 9.80 Å². The first-order chi connectivity index (χ1) is 11.3. The number of fused-ring (bicyclic) bond motifs is 1. The highest BCUT2D eigenvalue weighted by Gasteiger charge is 2.35. The number of hydrogen-bond acceptors (Lipinski definition) is 5. The van der Waals surface area contributed by atoms with Crippen LogP contribution in [-0.2, 0) is 6.54 Å². The Morgan fingerprint density at radius 2 is 1.78 bits per heavy atom. The van der Waals surface area contributed by atoms with Crippen LogP contribution in [-0.4, -0.2) is 66.4 Å². The number of aliphatic hydroxyl groups is 1. The van der Waals surface area contributed by atoms with Crippen LogP contribution in [0.5, 0.6) is 11.5 Å². The summed E-state index contributed by atoms with van der Waals surface area (Å²) in [4.78, 5) is 4.84. The van der Waals surface area contributed by atoms with E-state index in [9.17, 15) is 5.11 Å². The molecule has 4 rings (SSSR count). The molecule has 1 aromatic carbocycles. The minimum absolute atomic E-state index is 0.231. The molecule has 0 aromatic heterocycles. The van der Waals surface area contributed by atoms with E-state index in [1.54, 1.807) is 0 Å². The van der Waals surface area contributed by atoms with Gasteiger partial charge < -0.3 is 14.6 Å². The van der Waals surface area contributed by atoms with Gasteiger partial charge in [0.1, 0.15) is 13.2 Å². The number of ether oxygens (including phenoxy) is 2. The van der Waals surface area contributed by atoms with E-state index in [2.05, 4.69) is 21.9 Å². The summed E-state index contributed by atoms with van der Waals surface area (Å²) < 4.78 is 11.2. The first kappa shape index (κ1) is 15.2. The fourth-order valence-corrected chi connectivity index (χ4v) is 4.03. The lowest BCUT2D eigenvalue weighted by molar-refractivity contribution is 0.0706. The van der Waals surface area contributed by atoms with Crippen LogP contribution in [0.3, 0.4) is 0 Å². The number of hydrogen-bond donors (Lipinski definition) is 1. The van der Waals surface area contributed by atoms with Gasteiger partial charge in [-0.2, -0.15) is 0 Å². The quantitative estimate of drug-likeness (QED) is 0.915. The van der Waals surface area contributed by atoms with Crippen LogP contribution in [0.25, 0.3) is 0 Å². The molecule has 0 saturated carbocycles. The van der Waals surface area contributed by atoms with Crippen molar-refractivity contribution in [2.75, 3.05) is 39.4 Å². The highest BCUT2D eigenvalue weighted by atomic mass is 16.6. The molecular formula is C18H26N2O3. The first-order valence-corrected chi connectivity index (χ1v) is 8.82. The summed E-state index contributed by atoms with van der Waals surface area (Å²) in [6.45, 7) is 6.10. The normalized spacial score (nSPS) is 28.9. The Bertz CT molecular complexity index is 545.